The van der Waals surface area contributed by atoms with E-state index in [1.54, 1.807) is 0 Å². The Labute approximate surface area is 104 Å². The van der Waals surface area contributed by atoms with E-state index in [2.05, 4.69) is 35.1 Å². The fraction of sp³-hybridized carbons (Fsp3) is 0.615. The molecule has 17 heavy (non-hydrogen) atoms. The number of anilines is 1. The Morgan fingerprint density at radius 2 is 2.24 bits per heavy atom. The highest BCUT2D eigenvalue weighted by Gasteiger charge is 2.04. The summed E-state index contributed by atoms with van der Waals surface area (Å²) in [4.78, 5) is 6.58. The van der Waals surface area contributed by atoms with Crippen LogP contribution in [0.3, 0.4) is 0 Å². The van der Waals surface area contributed by atoms with Crippen molar-refractivity contribution >= 4 is 5.82 Å². The van der Waals surface area contributed by atoms with Crippen LogP contribution in [-0.4, -0.2) is 41.2 Å². The quantitative estimate of drug-likeness (QED) is 0.723. The minimum atomic E-state index is 0.259. The summed E-state index contributed by atoms with van der Waals surface area (Å²) in [7, 11) is 0. The highest BCUT2D eigenvalue weighted by molar-refractivity contribution is 5.37. The predicted octanol–water partition coefficient (Wildman–Crippen LogP) is 1.72. The van der Waals surface area contributed by atoms with Gasteiger partial charge in [-0.3, -0.25) is 4.90 Å². The van der Waals surface area contributed by atoms with E-state index < -0.39 is 0 Å². The van der Waals surface area contributed by atoms with Crippen LogP contribution in [0.1, 0.15) is 25.8 Å². The molecule has 0 radical (unpaired) electrons. The van der Waals surface area contributed by atoms with Gasteiger partial charge in [-0.15, -0.1) is 0 Å². The summed E-state index contributed by atoms with van der Waals surface area (Å²) in [5.74, 6) is 0.934. The normalized spacial score (nSPS) is 10.8. The zero-order valence-electron chi connectivity index (χ0n) is 10.8. The van der Waals surface area contributed by atoms with Gasteiger partial charge in [0.05, 0.1) is 0 Å². The van der Waals surface area contributed by atoms with Crippen molar-refractivity contribution in [1.29, 1.82) is 0 Å². The van der Waals surface area contributed by atoms with Crippen LogP contribution in [0, 0.1) is 0 Å². The van der Waals surface area contributed by atoms with Crippen molar-refractivity contribution in [3.63, 3.8) is 0 Å². The fourth-order valence-corrected chi connectivity index (χ4v) is 1.75. The van der Waals surface area contributed by atoms with Crippen LogP contribution in [0.4, 0.5) is 5.82 Å². The number of nitrogens with zero attached hydrogens (tertiary/aromatic N) is 2. The molecular weight excluding hydrogens is 214 g/mol. The standard InChI is InChI=1S/C13H23N3O/c1-3-14-13-10-12(6-7-15-13)11-16(4-2)8-5-9-17/h6-7,10,17H,3-5,8-9,11H2,1-2H3,(H,14,15). The maximum Gasteiger partial charge on any atom is 0.126 e. The average molecular weight is 237 g/mol. The number of rotatable bonds is 8. The zero-order chi connectivity index (χ0) is 12.5. The first-order valence-electron chi connectivity index (χ1n) is 6.32. The lowest BCUT2D eigenvalue weighted by molar-refractivity contribution is 0.225. The second-order valence-electron chi connectivity index (χ2n) is 4.03. The molecule has 1 aromatic rings. The predicted molar refractivity (Wildman–Crippen MR) is 71.1 cm³/mol. The van der Waals surface area contributed by atoms with E-state index in [1.807, 2.05) is 12.3 Å². The largest absolute Gasteiger partial charge is 0.396 e. The molecule has 1 rings (SSSR count). The minimum absolute atomic E-state index is 0.259. The van der Waals surface area contributed by atoms with Crippen LogP contribution < -0.4 is 5.32 Å². The number of hydrogen-bond donors (Lipinski definition) is 2. The molecule has 0 unspecified atom stereocenters. The molecule has 0 saturated heterocycles. The number of pyridine rings is 1. The minimum Gasteiger partial charge on any atom is -0.396 e. The molecule has 0 aliphatic carbocycles. The van der Waals surface area contributed by atoms with Crippen molar-refractivity contribution in [2.45, 2.75) is 26.8 Å². The van der Waals surface area contributed by atoms with E-state index in [4.69, 9.17) is 5.11 Å². The Hall–Kier alpha value is -1.13. The van der Waals surface area contributed by atoms with Crippen LogP contribution in [-0.2, 0) is 6.54 Å². The van der Waals surface area contributed by atoms with Crippen LogP contribution in [0.25, 0.3) is 0 Å². The van der Waals surface area contributed by atoms with E-state index in [1.165, 1.54) is 5.56 Å². The third kappa shape index (κ3) is 5.15. The lowest BCUT2D eigenvalue weighted by Gasteiger charge is -2.20. The van der Waals surface area contributed by atoms with Crippen LogP contribution in [0.5, 0.6) is 0 Å². The van der Waals surface area contributed by atoms with Crippen LogP contribution >= 0.6 is 0 Å². The summed E-state index contributed by atoms with van der Waals surface area (Å²) in [6.45, 7) is 8.20. The third-order valence-corrected chi connectivity index (χ3v) is 2.67. The molecule has 1 aromatic heterocycles. The van der Waals surface area contributed by atoms with Gasteiger partial charge in [-0.25, -0.2) is 4.98 Å². The van der Waals surface area contributed by atoms with Crippen LogP contribution in [0.2, 0.25) is 0 Å². The zero-order valence-corrected chi connectivity index (χ0v) is 10.8. The van der Waals surface area contributed by atoms with Crippen molar-refractivity contribution in [3.8, 4) is 0 Å². The molecule has 2 N–H and O–H groups in total. The molecule has 4 nitrogen and oxygen atoms in total. The molecule has 0 amide bonds. The molecule has 0 aliphatic heterocycles. The Morgan fingerprint density at radius 3 is 2.88 bits per heavy atom. The summed E-state index contributed by atoms with van der Waals surface area (Å²) < 4.78 is 0. The molecule has 4 heteroatoms. The van der Waals surface area contributed by atoms with Gasteiger partial charge < -0.3 is 10.4 Å². The van der Waals surface area contributed by atoms with E-state index in [9.17, 15) is 0 Å². The van der Waals surface area contributed by atoms with Crippen molar-refractivity contribution in [3.05, 3.63) is 23.9 Å². The van der Waals surface area contributed by atoms with Crippen molar-refractivity contribution < 1.29 is 5.11 Å². The summed E-state index contributed by atoms with van der Waals surface area (Å²) in [6, 6.07) is 4.13. The van der Waals surface area contributed by atoms with Gasteiger partial charge in [0.15, 0.2) is 0 Å². The van der Waals surface area contributed by atoms with Gasteiger partial charge in [-0.2, -0.15) is 0 Å². The van der Waals surface area contributed by atoms with E-state index in [0.29, 0.717) is 0 Å². The van der Waals surface area contributed by atoms with Gasteiger partial charge in [0.1, 0.15) is 5.82 Å². The van der Waals surface area contributed by atoms with Crippen molar-refractivity contribution in [2.75, 3.05) is 31.6 Å². The number of aliphatic hydroxyl groups excluding tert-OH is 1. The van der Waals surface area contributed by atoms with E-state index >= 15 is 0 Å². The second kappa shape index (κ2) is 8.03. The molecule has 1 heterocycles. The number of hydrogen-bond acceptors (Lipinski definition) is 4. The average Bonchev–Trinajstić information content (AvgIpc) is 2.35. The maximum atomic E-state index is 8.84. The van der Waals surface area contributed by atoms with Gasteiger partial charge in [0.25, 0.3) is 0 Å². The lowest BCUT2D eigenvalue weighted by Crippen LogP contribution is -2.24. The van der Waals surface area contributed by atoms with E-state index in [-0.39, 0.29) is 6.61 Å². The molecule has 0 bridgehead atoms. The number of aromatic nitrogens is 1. The monoisotopic (exact) mass is 237 g/mol. The highest BCUT2D eigenvalue weighted by Crippen LogP contribution is 2.09. The summed E-state index contributed by atoms with van der Waals surface area (Å²) in [6.07, 6.45) is 2.67. The van der Waals surface area contributed by atoms with Gasteiger partial charge in [0.2, 0.25) is 0 Å². The van der Waals surface area contributed by atoms with E-state index in [0.717, 1.165) is 38.4 Å². The Kier molecular flexibility index (Phi) is 6.58. The molecule has 0 aliphatic rings. The van der Waals surface area contributed by atoms with Crippen molar-refractivity contribution in [1.82, 2.24) is 9.88 Å². The first kappa shape index (κ1) is 13.9. The molecule has 0 aromatic carbocycles. The number of aliphatic hydroxyl groups is 1. The molecule has 0 saturated carbocycles. The summed E-state index contributed by atoms with van der Waals surface area (Å²) in [5.41, 5.74) is 1.26. The Bertz CT molecular complexity index is 317. The number of nitrogens with one attached hydrogen (secondary N) is 1. The SMILES string of the molecule is CCNc1cc(CN(CC)CCCO)ccn1. The maximum absolute atomic E-state index is 8.84. The third-order valence-electron chi connectivity index (χ3n) is 2.67. The molecule has 96 valence electrons. The highest BCUT2D eigenvalue weighted by atomic mass is 16.3. The summed E-state index contributed by atoms with van der Waals surface area (Å²) >= 11 is 0. The van der Waals surface area contributed by atoms with Gasteiger partial charge in [-0.05, 0) is 37.6 Å². The first-order chi connectivity index (χ1) is 8.30. The molecule has 0 spiro atoms. The fourth-order valence-electron chi connectivity index (χ4n) is 1.75. The second-order valence-corrected chi connectivity index (χ2v) is 4.03. The van der Waals surface area contributed by atoms with Gasteiger partial charge in [-0.1, -0.05) is 6.92 Å². The summed E-state index contributed by atoms with van der Waals surface area (Å²) in [5, 5.41) is 12.1. The molecule has 0 atom stereocenters. The topological polar surface area (TPSA) is 48.4 Å². The first-order valence-corrected chi connectivity index (χ1v) is 6.32. The molecule has 0 fully saturated rings. The van der Waals surface area contributed by atoms with Crippen molar-refractivity contribution in [2.24, 2.45) is 0 Å². The lowest BCUT2D eigenvalue weighted by atomic mass is 10.2. The Morgan fingerprint density at radius 1 is 1.41 bits per heavy atom. The van der Waals surface area contributed by atoms with Gasteiger partial charge >= 0.3 is 0 Å². The Balaban J connectivity index is 2.55. The van der Waals surface area contributed by atoms with Gasteiger partial charge in [0, 0.05) is 32.4 Å². The van der Waals surface area contributed by atoms with Crippen LogP contribution in [0.15, 0.2) is 18.3 Å². The molecular formula is C13H23N3O. The smallest absolute Gasteiger partial charge is 0.126 e.